The Morgan fingerprint density at radius 2 is 1.78 bits per heavy atom. The number of sulfone groups is 1. The number of benzene rings is 2. The van der Waals surface area contributed by atoms with E-state index in [0.717, 1.165) is 29.9 Å². The van der Waals surface area contributed by atoms with Crippen LogP contribution in [-0.4, -0.2) is 37.2 Å². The van der Waals surface area contributed by atoms with Gasteiger partial charge in [0.2, 0.25) is 0 Å². The molecule has 0 fully saturated rings. The molecule has 3 aromatic rings. The van der Waals surface area contributed by atoms with Crippen LogP contribution in [0.4, 0.5) is 0 Å². The second-order valence-corrected chi connectivity index (χ2v) is 9.41. The summed E-state index contributed by atoms with van der Waals surface area (Å²) in [7, 11) is -1.49. The van der Waals surface area contributed by atoms with Crippen molar-refractivity contribution in [3.05, 3.63) is 83.4 Å². The Bertz CT molecular complexity index is 1140. The van der Waals surface area contributed by atoms with Crippen molar-refractivity contribution in [3.8, 4) is 0 Å². The Balaban J connectivity index is 0.00000363. The van der Waals surface area contributed by atoms with Gasteiger partial charge in [-0.3, -0.25) is 4.99 Å². The van der Waals surface area contributed by atoms with E-state index >= 15 is 0 Å². The van der Waals surface area contributed by atoms with Crippen molar-refractivity contribution in [2.45, 2.75) is 37.9 Å². The van der Waals surface area contributed by atoms with Crippen LogP contribution in [-0.2, 0) is 35.9 Å². The number of aromatic nitrogens is 2. The number of nitrogens with one attached hydrogen (secondary N) is 2. The second-order valence-electron chi connectivity index (χ2n) is 7.42. The highest BCUT2D eigenvalue weighted by Crippen LogP contribution is 2.16. The minimum Gasteiger partial charge on any atom is -0.352 e. The van der Waals surface area contributed by atoms with Gasteiger partial charge in [-0.05, 0) is 36.1 Å². The standard InChI is InChI=1S/C23H29N5O2S.HI/c1-18-15-20(9-10-21(18)31(3,29)30)16-26-23(24-2)27-17-22-25-12-14-28(22)13-11-19-7-5-4-6-8-19;/h4-10,12,14-15H,11,13,16-17H2,1-3H3,(H2,24,26,27);1H. The van der Waals surface area contributed by atoms with Gasteiger partial charge in [0.25, 0.3) is 0 Å². The van der Waals surface area contributed by atoms with Gasteiger partial charge in [0.05, 0.1) is 11.4 Å². The minimum atomic E-state index is -3.21. The predicted octanol–water partition coefficient (Wildman–Crippen LogP) is 3.32. The van der Waals surface area contributed by atoms with Crippen molar-refractivity contribution in [3.63, 3.8) is 0 Å². The normalized spacial score (nSPS) is 11.7. The van der Waals surface area contributed by atoms with E-state index in [1.54, 1.807) is 13.1 Å². The molecule has 2 aromatic carbocycles. The van der Waals surface area contributed by atoms with Gasteiger partial charge in [-0.15, -0.1) is 24.0 Å². The van der Waals surface area contributed by atoms with Crippen molar-refractivity contribution in [1.29, 1.82) is 0 Å². The molecule has 0 radical (unpaired) electrons. The molecule has 0 unspecified atom stereocenters. The summed E-state index contributed by atoms with van der Waals surface area (Å²) in [5.41, 5.74) is 3.02. The van der Waals surface area contributed by atoms with E-state index in [-0.39, 0.29) is 24.0 Å². The number of rotatable bonds is 8. The molecular weight excluding hydrogens is 537 g/mol. The Morgan fingerprint density at radius 1 is 1.06 bits per heavy atom. The molecule has 0 aliphatic carbocycles. The number of nitrogens with zero attached hydrogens (tertiary/aromatic N) is 3. The highest BCUT2D eigenvalue weighted by molar-refractivity contribution is 14.0. The molecule has 7 nitrogen and oxygen atoms in total. The van der Waals surface area contributed by atoms with Crippen LogP contribution in [0.2, 0.25) is 0 Å². The van der Waals surface area contributed by atoms with Crippen LogP contribution in [0.25, 0.3) is 0 Å². The predicted molar refractivity (Wildman–Crippen MR) is 139 cm³/mol. The Hall–Kier alpha value is -2.40. The second kappa shape index (κ2) is 12.0. The zero-order valence-electron chi connectivity index (χ0n) is 18.6. The molecule has 0 saturated carbocycles. The van der Waals surface area contributed by atoms with E-state index in [0.29, 0.717) is 23.9 Å². The number of aryl methyl sites for hydroxylation is 3. The monoisotopic (exact) mass is 567 g/mol. The van der Waals surface area contributed by atoms with Gasteiger partial charge < -0.3 is 15.2 Å². The third-order valence-corrected chi connectivity index (χ3v) is 6.28. The number of halogens is 1. The molecule has 0 amide bonds. The average molecular weight is 567 g/mol. The molecule has 1 aromatic heterocycles. The zero-order chi connectivity index (χ0) is 22.3. The van der Waals surface area contributed by atoms with E-state index in [4.69, 9.17) is 0 Å². The summed E-state index contributed by atoms with van der Waals surface area (Å²) in [6, 6.07) is 15.7. The van der Waals surface area contributed by atoms with Gasteiger partial charge in [-0.1, -0.05) is 42.5 Å². The van der Waals surface area contributed by atoms with Crippen LogP contribution in [0.1, 0.15) is 22.5 Å². The molecule has 0 aliphatic heterocycles. The van der Waals surface area contributed by atoms with Crippen molar-refractivity contribution in [2.24, 2.45) is 4.99 Å². The molecule has 32 heavy (non-hydrogen) atoms. The summed E-state index contributed by atoms with van der Waals surface area (Å²) in [6.45, 7) is 3.75. The van der Waals surface area contributed by atoms with Crippen molar-refractivity contribution < 1.29 is 8.42 Å². The van der Waals surface area contributed by atoms with E-state index in [9.17, 15) is 8.42 Å². The lowest BCUT2D eigenvalue weighted by Gasteiger charge is -2.14. The van der Waals surface area contributed by atoms with E-state index in [2.05, 4.69) is 49.4 Å². The fraction of sp³-hybridized carbons (Fsp3) is 0.304. The highest BCUT2D eigenvalue weighted by atomic mass is 127. The molecule has 3 rings (SSSR count). The first-order valence-electron chi connectivity index (χ1n) is 10.1. The lowest BCUT2D eigenvalue weighted by atomic mass is 10.1. The van der Waals surface area contributed by atoms with Gasteiger partial charge in [0.1, 0.15) is 5.82 Å². The molecular formula is C23H30IN5O2S. The van der Waals surface area contributed by atoms with Crippen LogP contribution in [0.15, 0.2) is 70.8 Å². The third kappa shape index (κ3) is 7.33. The quantitative estimate of drug-likeness (QED) is 0.248. The average Bonchev–Trinajstić information content (AvgIpc) is 3.19. The van der Waals surface area contributed by atoms with E-state index in [1.165, 1.54) is 11.8 Å². The molecule has 0 aliphatic rings. The number of imidazole rings is 1. The zero-order valence-corrected chi connectivity index (χ0v) is 21.7. The van der Waals surface area contributed by atoms with Crippen molar-refractivity contribution in [2.75, 3.05) is 13.3 Å². The molecule has 2 N–H and O–H groups in total. The Kier molecular flexibility index (Phi) is 9.70. The fourth-order valence-corrected chi connectivity index (χ4v) is 4.37. The maximum absolute atomic E-state index is 11.8. The summed E-state index contributed by atoms with van der Waals surface area (Å²) < 4.78 is 25.7. The summed E-state index contributed by atoms with van der Waals surface area (Å²) in [6.07, 6.45) is 5.97. The summed E-state index contributed by atoms with van der Waals surface area (Å²) in [5.74, 6) is 1.59. The maximum atomic E-state index is 11.8. The van der Waals surface area contributed by atoms with Crippen molar-refractivity contribution >= 4 is 39.8 Å². The number of aliphatic imine (C=N–C) groups is 1. The topological polar surface area (TPSA) is 88.4 Å². The summed E-state index contributed by atoms with van der Waals surface area (Å²) in [5, 5.41) is 6.55. The lowest BCUT2D eigenvalue weighted by molar-refractivity contribution is 0.601. The molecule has 172 valence electrons. The molecule has 0 spiro atoms. The van der Waals surface area contributed by atoms with E-state index < -0.39 is 9.84 Å². The van der Waals surface area contributed by atoms with Gasteiger partial charge in [0, 0.05) is 38.8 Å². The van der Waals surface area contributed by atoms with Gasteiger partial charge in [0.15, 0.2) is 15.8 Å². The lowest BCUT2D eigenvalue weighted by Crippen LogP contribution is -2.37. The molecule has 0 atom stereocenters. The third-order valence-electron chi connectivity index (χ3n) is 5.02. The van der Waals surface area contributed by atoms with E-state index in [1.807, 2.05) is 37.5 Å². The van der Waals surface area contributed by atoms with Crippen LogP contribution in [0.5, 0.6) is 0 Å². The highest BCUT2D eigenvalue weighted by Gasteiger charge is 2.11. The van der Waals surface area contributed by atoms with Gasteiger partial charge in [-0.25, -0.2) is 13.4 Å². The summed E-state index contributed by atoms with van der Waals surface area (Å²) >= 11 is 0. The first-order valence-corrected chi connectivity index (χ1v) is 12.0. The summed E-state index contributed by atoms with van der Waals surface area (Å²) in [4.78, 5) is 9.09. The Morgan fingerprint density at radius 3 is 2.44 bits per heavy atom. The Labute approximate surface area is 207 Å². The smallest absolute Gasteiger partial charge is 0.191 e. The SMILES string of the molecule is CN=C(NCc1ccc(S(C)(=O)=O)c(C)c1)NCc1nccn1CCc1ccccc1.I. The molecule has 0 bridgehead atoms. The van der Waals surface area contributed by atoms with Crippen LogP contribution in [0, 0.1) is 6.92 Å². The minimum absolute atomic E-state index is 0. The first kappa shape index (κ1) is 25.9. The molecule has 0 saturated heterocycles. The molecule has 9 heteroatoms. The number of hydrogen-bond donors (Lipinski definition) is 2. The van der Waals surface area contributed by atoms with Crippen molar-refractivity contribution in [1.82, 2.24) is 20.2 Å². The largest absolute Gasteiger partial charge is 0.352 e. The van der Waals surface area contributed by atoms with Crippen LogP contribution < -0.4 is 10.6 Å². The number of hydrogen-bond acceptors (Lipinski definition) is 4. The van der Waals surface area contributed by atoms with Crippen LogP contribution in [0.3, 0.4) is 0 Å². The number of guanidine groups is 1. The fourth-order valence-electron chi connectivity index (χ4n) is 3.41. The molecule has 1 heterocycles. The van der Waals surface area contributed by atoms with Gasteiger partial charge >= 0.3 is 0 Å². The van der Waals surface area contributed by atoms with Gasteiger partial charge in [-0.2, -0.15) is 0 Å². The first-order chi connectivity index (χ1) is 14.9. The van der Waals surface area contributed by atoms with Crippen LogP contribution >= 0.6 is 24.0 Å². The maximum Gasteiger partial charge on any atom is 0.191 e.